The van der Waals surface area contributed by atoms with Gasteiger partial charge in [0.15, 0.2) is 12.0 Å². The number of carbonyl (C=O) groups is 1. The number of nitrogens with zero attached hydrogens (tertiary/aromatic N) is 2. The second kappa shape index (κ2) is 11.1. The number of hydrogen-bond acceptors (Lipinski definition) is 9. The molecule has 1 aliphatic rings. The SMILES string of the molecule is CCCCCCCCC(=O)ONc1ccn([C@@H]2O[C@H](CO)[C@H](O)C2O)c(=O)n1. The van der Waals surface area contributed by atoms with E-state index in [4.69, 9.17) is 14.7 Å². The molecule has 0 saturated carbocycles. The third-order valence-electron chi connectivity index (χ3n) is 4.63. The molecule has 1 saturated heterocycles. The van der Waals surface area contributed by atoms with Gasteiger partial charge in [-0.15, -0.1) is 0 Å². The van der Waals surface area contributed by atoms with Gasteiger partial charge in [0.1, 0.15) is 18.3 Å². The Hall–Kier alpha value is -2.01. The van der Waals surface area contributed by atoms with Crippen molar-refractivity contribution in [2.75, 3.05) is 12.1 Å². The van der Waals surface area contributed by atoms with Gasteiger partial charge < -0.3 is 24.9 Å². The van der Waals surface area contributed by atoms with E-state index < -0.39 is 42.8 Å². The van der Waals surface area contributed by atoms with E-state index in [1.165, 1.54) is 31.5 Å². The highest BCUT2D eigenvalue weighted by atomic mass is 16.7. The van der Waals surface area contributed by atoms with Crippen molar-refractivity contribution < 1.29 is 29.7 Å². The normalized spacial score (nSPS) is 24.3. The summed E-state index contributed by atoms with van der Waals surface area (Å²) in [6.07, 6.45) is 3.04. The predicted octanol–water partition coefficient (Wildman–Crippen LogP) is 0.476. The molecule has 4 atom stereocenters. The molecule has 0 aromatic carbocycles. The third kappa shape index (κ3) is 5.99. The molecule has 0 spiro atoms. The van der Waals surface area contributed by atoms with Gasteiger partial charge in [-0.3, -0.25) is 4.57 Å². The summed E-state index contributed by atoms with van der Waals surface area (Å²) in [6.45, 7) is 1.65. The summed E-state index contributed by atoms with van der Waals surface area (Å²) in [5.41, 5.74) is 1.57. The van der Waals surface area contributed by atoms with Gasteiger partial charge in [-0.25, -0.2) is 15.1 Å². The predicted molar refractivity (Wildman–Crippen MR) is 99.2 cm³/mol. The summed E-state index contributed by atoms with van der Waals surface area (Å²) in [5.74, 6) is -0.408. The average Bonchev–Trinajstić information content (AvgIpc) is 2.97. The Balaban J connectivity index is 1.81. The Bertz CT molecular complexity index is 681. The first-order valence-electron chi connectivity index (χ1n) is 9.65. The van der Waals surface area contributed by atoms with E-state index in [-0.39, 0.29) is 12.2 Å². The molecule has 4 N–H and O–H groups in total. The molecular formula is C18H29N3O7. The van der Waals surface area contributed by atoms with E-state index in [1.807, 2.05) is 0 Å². The minimum Gasteiger partial charge on any atom is -0.394 e. The van der Waals surface area contributed by atoms with Gasteiger partial charge in [-0.1, -0.05) is 39.0 Å². The standard InChI is InChI=1S/C18H29N3O7/c1-2-3-4-5-6-7-8-14(23)28-20-13-9-10-21(18(26)19-13)17-16(25)15(24)12(11-22)27-17/h9-10,12,15-17,22,24-25H,2-8,11H2,1H3,(H,19,20,26)/t12-,15+,16?,17-/m1/s1. The van der Waals surface area contributed by atoms with Gasteiger partial charge in [0.2, 0.25) is 0 Å². The third-order valence-corrected chi connectivity index (χ3v) is 4.63. The molecule has 1 aromatic rings. The van der Waals surface area contributed by atoms with Crippen LogP contribution in [0.25, 0.3) is 0 Å². The number of nitrogens with one attached hydrogen (secondary N) is 1. The van der Waals surface area contributed by atoms with E-state index in [0.717, 1.165) is 23.8 Å². The van der Waals surface area contributed by atoms with Crippen molar-refractivity contribution in [3.8, 4) is 0 Å². The van der Waals surface area contributed by atoms with Crippen LogP contribution in [0.1, 0.15) is 58.1 Å². The van der Waals surface area contributed by atoms with Crippen LogP contribution >= 0.6 is 0 Å². The van der Waals surface area contributed by atoms with Gasteiger partial charge in [-0.05, 0) is 6.42 Å². The molecular weight excluding hydrogens is 370 g/mol. The Labute approximate surface area is 163 Å². The number of ether oxygens (including phenoxy) is 1. The zero-order valence-corrected chi connectivity index (χ0v) is 16.0. The fourth-order valence-electron chi connectivity index (χ4n) is 2.98. The van der Waals surface area contributed by atoms with Crippen LogP contribution in [-0.2, 0) is 14.4 Å². The highest BCUT2D eigenvalue weighted by Gasteiger charge is 2.43. The molecule has 1 unspecified atom stereocenters. The number of aromatic nitrogens is 2. The molecule has 158 valence electrons. The van der Waals surface area contributed by atoms with Crippen LogP contribution < -0.4 is 11.2 Å². The second-order valence-corrected chi connectivity index (χ2v) is 6.83. The van der Waals surface area contributed by atoms with Crippen LogP contribution in [0.2, 0.25) is 0 Å². The highest BCUT2D eigenvalue weighted by Crippen LogP contribution is 2.28. The molecule has 0 aliphatic carbocycles. The lowest BCUT2D eigenvalue weighted by Gasteiger charge is -2.17. The summed E-state index contributed by atoms with van der Waals surface area (Å²) in [7, 11) is 0. The largest absolute Gasteiger partial charge is 0.394 e. The molecule has 1 fully saturated rings. The number of rotatable bonds is 11. The number of aliphatic hydroxyl groups excluding tert-OH is 3. The van der Waals surface area contributed by atoms with E-state index in [1.54, 1.807) is 0 Å². The number of hydrogen-bond donors (Lipinski definition) is 4. The molecule has 0 bridgehead atoms. The second-order valence-electron chi connectivity index (χ2n) is 6.83. The average molecular weight is 399 g/mol. The van der Waals surface area contributed by atoms with Gasteiger partial charge in [0, 0.05) is 18.7 Å². The van der Waals surface area contributed by atoms with Crippen molar-refractivity contribution in [1.82, 2.24) is 9.55 Å². The molecule has 10 heteroatoms. The summed E-state index contributed by atoms with van der Waals surface area (Å²) in [5, 5.41) is 28.9. The van der Waals surface area contributed by atoms with Crippen LogP contribution in [0.4, 0.5) is 5.82 Å². The Morgan fingerprint density at radius 1 is 1.25 bits per heavy atom. The van der Waals surface area contributed by atoms with E-state index in [9.17, 15) is 19.8 Å². The lowest BCUT2D eigenvalue weighted by molar-refractivity contribution is -0.140. The molecule has 2 heterocycles. The molecule has 0 amide bonds. The minimum absolute atomic E-state index is 0.0317. The summed E-state index contributed by atoms with van der Waals surface area (Å²) < 4.78 is 6.28. The van der Waals surface area contributed by atoms with Crippen molar-refractivity contribution in [2.45, 2.75) is 76.4 Å². The first-order valence-corrected chi connectivity index (χ1v) is 9.65. The van der Waals surface area contributed by atoms with Crippen LogP contribution in [0.15, 0.2) is 17.1 Å². The number of aliphatic hydroxyl groups is 3. The van der Waals surface area contributed by atoms with Crippen molar-refractivity contribution in [1.29, 1.82) is 0 Å². The van der Waals surface area contributed by atoms with E-state index >= 15 is 0 Å². The maximum atomic E-state index is 12.2. The van der Waals surface area contributed by atoms with Crippen LogP contribution in [0.5, 0.6) is 0 Å². The Kier molecular flexibility index (Phi) is 8.84. The fraction of sp³-hybridized carbons (Fsp3) is 0.722. The zero-order chi connectivity index (χ0) is 20.5. The molecule has 2 rings (SSSR count). The van der Waals surface area contributed by atoms with E-state index in [0.29, 0.717) is 0 Å². The van der Waals surface area contributed by atoms with Crippen molar-refractivity contribution in [3.63, 3.8) is 0 Å². The minimum atomic E-state index is -1.38. The van der Waals surface area contributed by atoms with Crippen molar-refractivity contribution in [2.24, 2.45) is 0 Å². The van der Waals surface area contributed by atoms with Crippen molar-refractivity contribution >= 4 is 11.8 Å². The maximum Gasteiger partial charge on any atom is 0.351 e. The van der Waals surface area contributed by atoms with Crippen LogP contribution in [0.3, 0.4) is 0 Å². The number of unbranched alkanes of at least 4 members (excludes halogenated alkanes) is 5. The Morgan fingerprint density at radius 3 is 2.61 bits per heavy atom. The number of carbonyl (C=O) groups excluding carboxylic acids is 1. The summed E-state index contributed by atoms with van der Waals surface area (Å²) in [4.78, 5) is 32.5. The molecule has 0 radical (unpaired) electrons. The maximum absolute atomic E-state index is 12.2. The molecule has 1 aliphatic heterocycles. The van der Waals surface area contributed by atoms with Crippen molar-refractivity contribution in [3.05, 3.63) is 22.7 Å². The molecule has 1 aromatic heterocycles. The van der Waals surface area contributed by atoms with Crippen LogP contribution in [-0.4, -0.2) is 55.8 Å². The van der Waals surface area contributed by atoms with Gasteiger partial charge in [-0.2, -0.15) is 4.98 Å². The van der Waals surface area contributed by atoms with Gasteiger partial charge in [0.25, 0.3) is 0 Å². The fourth-order valence-corrected chi connectivity index (χ4v) is 2.98. The lowest BCUT2D eigenvalue weighted by Crippen LogP contribution is -2.36. The Morgan fingerprint density at radius 2 is 1.96 bits per heavy atom. The van der Waals surface area contributed by atoms with Crippen LogP contribution in [0, 0.1) is 0 Å². The van der Waals surface area contributed by atoms with Gasteiger partial charge in [0.05, 0.1) is 6.61 Å². The molecule has 28 heavy (non-hydrogen) atoms. The summed E-state index contributed by atoms with van der Waals surface area (Å²) in [6, 6.07) is 1.37. The quantitative estimate of drug-likeness (QED) is 0.308. The smallest absolute Gasteiger partial charge is 0.351 e. The van der Waals surface area contributed by atoms with E-state index in [2.05, 4.69) is 17.4 Å². The zero-order valence-electron chi connectivity index (χ0n) is 16.0. The highest BCUT2D eigenvalue weighted by molar-refractivity contribution is 5.70. The summed E-state index contributed by atoms with van der Waals surface area (Å²) >= 11 is 0. The monoisotopic (exact) mass is 399 g/mol. The lowest BCUT2D eigenvalue weighted by atomic mass is 10.1. The van der Waals surface area contributed by atoms with Gasteiger partial charge >= 0.3 is 11.7 Å². The topological polar surface area (TPSA) is 143 Å². The molecule has 10 nitrogen and oxygen atoms in total. The first kappa shape index (κ1) is 22.3. The number of anilines is 1. The first-order chi connectivity index (χ1) is 13.5.